The van der Waals surface area contributed by atoms with Crippen LogP contribution in [0, 0.1) is 5.82 Å². The fraction of sp³-hybridized carbons (Fsp3) is 0.286. The largest absolute Gasteiger partial charge is 0.462 e. The van der Waals surface area contributed by atoms with Crippen LogP contribution in [0.4, 0.5) is 9.39 Å². The van der Waals surface area contributed by atoms with E-state index in [2.05, 4.69) is 10.5 Å². The number of benzene rings is 1. The molecule has 0 atom stereocenters. The molecule has 150 valence electrons. The van der Waals surface area contributed by atoms with Gasteiger partial charge in [0.1, 0.15) is 10.8 Å². The maximum absolute atomic E-state index is 13.1. The summed E-state index contributed by atoms with van der Waals surface area (Å²) < 4.78 is 23.5. The van der Waals surface area contributed by atoms with Crippen LogP contribution in [0.3, 0.4) is 0 Å². The van der Waals surface area contributed by atoms with Gasteiger partial charge < -0.3 is 14.6 Å². The third kappa shape index (κ3) is 3.93. The summed E-state index contributed by atoms with van der Waals surface area (Å²) in [7, 11) is 0. The number of esters is 1. The number of halogens is 1. The lowest BCUT2D eigenvalue weighted by Crippen LogP contribution is -2.16. The quantitative estimate of drug-likeness (QED) is 0.604. The van der Waals surface area contributed by atoms with Crippen molar-refractivity contribution < 1.29 is 23.2 Å². The summed E-state index contributed by atoms with van der Waals surface area (Å²) in [5, 5.41) is 7.08. The molecule has 1 aromatic carbocycles. The van der Waals surface area contributed by atoms with Crippen molar-refractivity contribution in [2.75, 3.05) is 11.9 Å². The standard InChI is InChI=1S/C21H19FN2O4S/c1-2-27-21(26)18-14-5-3-4-6-17(14)29-20(18)23-19(25)15-11-16(28-24-15)12-7-9-13(22)10-8-12/h7-11H,2-6H2,1H3,(H,23,25). The molecule has 0 spiro atoms. The first-order valence-corrected chi connectivity index (χ1v) is 10.2. The van der Waals surface area contributed by atoms with Gasteiger partial charge in [0.05, 0.1) is 12.2 Å². The molecule has 3 aromatic rings. The Kier molecular flexibility index (Phi) is 5.44. The molecule has 1 amide bonds. The average Bonchev–Trinajstić information content (AvgIpc) is 3.33. The van der Waals surface area contributed by atoms with Crippen LogP contribution in [-0.4, -0.2) is 23.6 Å². The second-order valence-corrected chi connectivity index (χ2v) is 7.78. The fourth-order valence-corrected chi connectivity index (χ4v) is 4.65. The highest BCUT2D eigenvalue weighted by molar-refractivity contribution is 7.17. The van der Waals surface area contributed by atoms with Gasteiger partial charge in [0.25, 0.3) is 5.91 Å². The molecule has 0 saturated heterocycles. The van der Waals surface area contributed by atoms with Gasteiger partial charge in [-0.15, -0.1) is 11.3 Å². The van der Waals surface area contributed by atoms with Crippen LogP contribution in [0.2, 0.25) is 0 Å². The zero-order valence-corrected chi connectivity index (χ0v) is 16.6. The molecule has 0 saturated carbocycles. The van der Waals surface area contributed by atoms with E-state index in [0.29, 0.717) is 21.9 Å². The number of amides is 1. The van der Waals surface area contributed by atoms with Gasteiger partial charge in [-0.2, -0.15) is 0 Å². The molecule has 0 radical (unpaired) electrons. The number of rotatable bonds is 5. The number of hydrogen-bond donors (Lipinski definition) is 1. The lowest BCUT2D eigenvalue weighted by atomic mass is 9.95. The van der Waals surface area contributed by atoms with Crippen LogP contribution in [0.1, 0.15) is 51.1 Å². The van der Waals surface area contributed by atoms with Gasteiger partial charge in [0.15, 0.2) is 11.5 Å². The van der Waals surface area contributed by atoms with E-state index < -0.39 is 11.9 Å². The third-order valence-electron chi connectivity index (χ3n) is 4.75. The van der Waals surface area contributed by atoms with Crippen LogP contribution < -0.4 is 5.32 Å². The van der Waals surface area contributed by atoms with Crippen molar-refractivity contribution in [3.05, 3.63) is 57.8 Å². The number of nitrogens with one attached hydrogen (secondary N) is 1. The van der Waals surface area contributed by atoms with Crippen molar-refractivity contribution in [2.45, 2.75) is 32.6 Å². The van der Waals surface area contributed by atoms with E-state index in [9.17, 15) is 14.0 Å². The smallest absolute Gasteiger partial charge is 0.341 e. The predicted molar refractivity (Wildman–Crippen MR) is 107 cm³/mol. The summed E-state index contributed by atoms with van der Waals surface area (Å²) >= 11 is 1.41. The van der Waals surface area contributed by atoms with Gasteiger partial charge in [-0.1, -0.05) is 5.16 Å². The van der Waals surface area contributed by atoms with E-state index in [1.165, 1.54) is 29.5 Å². The normalized spacial score (nSPS) is 13.0. The number of anilines is 1. The molecular formula is C21H19FN2O4S. The molecule has 4 rings (SSSR count). The predicted octanol–water partition coefficient (Wildman–Crippen LogP) is 4.85. The number of ether oxygens (including phenoxy) is 1. The summed E-state index contributed by atoms with van der Waals surface area (Å²) in [6, 6.07) is 7.19. The molecule has 1 aliphatic carbocycles. The molecule has 6 nitrogen and oxygen atoms in total. The van der Waals surface area contributed by atoms with E-state index >= 15 is 0 Å². The fourth-order valence-electron chi connectivity index (χ4n) is 3.37. The van der Waals surface area contributed by atoms with E-state index in [4.69, 9.17) is 9.26 Å². The van der Waals surface area contributed by atoms with Crippen molar-refractivity contribution in [3.63, 3.8) is 0 Å². The molecule has 0 unspecified atom stereocenters. The Bertz CT molecular complexity index is 1060. The zero-order valence-electron chi connectivity index (χ0n) is 15.8. The van der Waals surface area contributed by atoms with E-state index in [1.807, 2.05) is 0 Å². The minimum Gasteiger partial charge on any atom is -0.462 e. The number of aromatic nitrogens is 1. The summed E-state index contributed by atoms with van der Waals surface area (Å²) in [6.45, 7) is 2.02. The molecule has 0 bridgehead atoms. The topological polar surface area (TPSA) is 81.4 Å². The highest BCUT2D eigenvalue weighted by Gasteiger charge is 2.28. The first-order valence-electron chi connectivity index (χ1n) is 9.42. The number of thiophene rings is 1. The summed E-state index contributed by atoms with van der Waals surface area (Å²) in [6.07, 6.45) is 3.76. The van der Waals surface area contributed by atoms with Crippen molar-refractivity contribution in [2.24, 2.45) is 0 Å². The van der Waals surface area contributed by atoms with E-state index in [0.717, 1.165) is 36.1 Å². The Morgan fingerprint density at radius 2 is 2.00 bits per heavy atom. The van der Waals surface area contributed by atoms with Crippen molar-refractivity contribution >= 4 is 28.2 Å². The Labute approximate surface area is 170 Å². The molecule has 8 heteroatoms. The van der Waals surface area contributed by atoms with E-state index in [1.54, 1.807) is 19.1 Å². The Morgan fingerprint density at radius 3 is 2.76 bits per heavy atom. The molecule has 2 aromatic heterocycles. The number of fused-ring (bicyclic) bond motifs is 1. The molecule has 29 heavy (non-hydrogen) atoms. The zero-order chi connectivity index (χ0) is 20.4. The SMILES string of the molecule is CCOC(=O)c1c(NC(=O)c2cc(-c3ccc(F)cc3)on2)sc2c1CCCC2. The van der Waals surface area contributed by atoms with Gasteiger partial charge in [0.2, 0.25) is 0 Å². The molecular weight excluding hydrogens is 395 g/mol. The lowest BCUT2D eigenvalue weighted by Gasteiger charge is -2.12. The lowest BCUT2D eigenvalue weighted by molar-refractivity contribution is 0.0526. The number of hydrogen-bond acceptors (Lipinski definition) is 6. The maximum Gasteiger partial charge on any atom is 0.341 e. The molecule has 2 heterocycles. The first-order chi connectivity index (χ1) is 14.1. The summed E-state index contributed by atoms with van der Waals surface area (Å²) in [5.74, 6) is -0.911. The van der Waals surface area contributed by atoms with Crippen LogP contribution in [-0.2, 0) is 17.6 Å². The number of aryl methyl sites for hydroxylation is 1. The van der Waals surface area contributed by atoms with Gasteiger partial charge in [0, 0.05) is 16.5 Å². The highest BCUT2D eigenvalue weighted by Crippen LogP contribution is 2.38. The average molecular weight is 414 g/mol. The molecule has 1 aliphatic rings. The highest BCUT2D eigenvalue weighted by atomic mass is 32.1. The summed E-state index contributed by atoms with van der Waals surface area (Å²) in [5.41, 5.74) is 2.10. The van der Waals surface area contributed by atoms with Crippen molar-refractivity contribution in [1.82, 2.24) is 5.16 Å². The molecule has 1 N–H and O–H groups in total. The first kappa shape index (κ1) is 19.3. The molecule has 0 aliphatic heterocycles. The van der Waals surface area contributed by atoms with E-state index in [-0.39, 0.29) is 18.1 Å². The van der Waals surface area contributed by atoms with Gasteiger partial charge in [-0.3, -0.25) is 4.79 Å². The Hall–Kier alpha value is -3.00. The number of carbonyl (C=O) groups is 2. The van der Waals surface area contributed by atoms with Crippen LogP contribution in [0.25, 0.3) is 11.3 Å². The molecule has 0 fully saturated rings. The number of carbonyl (C=O) groups excluding carboxylic acids is 2. The van der Waals surface area contributed by atoms with Crippen molar-refractivity contribution in [3.8, 4) is 11.3 Å². The third-order valence-corrected chi connectivity index (χ3v) is 5.96. The van der Waals surface area contributed by atoms with Crippen LogP contribution in [0.5, 0.6) is 0 Å². The van der Waals surface area contributed by atoms with Crippen LogP contribution >= 0.6 is 11.3 Å². The maximum atomic E-state index is 13.1. The Morgan fingerprint density at radius 1 is 1.24 bits per heavy atom. The monoisotopic (exact) mass is 414 g/mol. The minimum atomic E-state index is -0.480. The Balaban J connectivity index is 1.59. The van der Waals surface area contributed by atoms with Gasteiger partial charge in [-0.05, 0) is 62.4 Å². The summed E-state index contributed by atoms with van der Waals surface area (Å²) in [4.78, 5) is 26.3. The van der Waals surface area contributed by atoms with Gasteiger partial charge in [-0.25, -0.2) is 9.18 Å². The number of nitrogens with zero attached hydrogens (tertiary/aromatic N) is 1. The second-order valence-electron chi connectivity index (χ2n) is 6.67. The van der Waals surface area contributed by atoms with Crippen molar-refractivity contribution in [1.29, 1.82) is 0 Å². The second kappa shape index (κ2) is 8.16. The minimum absolute atomic E-state index is 0.0745. The van der Waals surface area contributed by atoms with Crippen LogP contribution in [0.15, 0.2) is 34.9 Å². The van der Waals surface area contributed by atoms with Gasteiger partial charge >= 0.3 is 5.97 Å².